The van der Waals surface area contributed by atoms with Crippen molar-refractivity contribution in [3.63, 3.8) is 0 Å². The lowest BCUT2D eigenvalue weighted by Gasteiger charge is -2.28. The van der Waals surface area contributed by atoms with Crippen LogP contribution < -0.4 is 29.7 Å². The van der Waals surface area contributed by atoms with Crippen LogP contribution in [0.2, 0.25) is 0 Å². The average Bonchev–Trinajstić information content (AvgIpc) is 2.82. The molecule has 1 aliphatic rings. The standard InChI is InChI=1S/C23H27N3O6/c1-30-18-10-8-16(13-17(18)26-11-5-4-6-22(26)28)25-21(27)14-24-23(29)15-7-9-19(31-2)20(12-15)32-3/h7-10,12-13H,4-6,11,14H2,1-3H3,(H,24,29)(H,25,27). The van der Waals surface area contributed by atoms with Gasteiger partial charge in [0.2, 0.25) is 11.8 Å². The van der Waals surface area contributed by atoms with Crippen LogP contribution >= 0.6 is 0 Å². The van der Waals surface area contributed by atoms with Crippen molar-refractivity contribution in [2.24, 2.45) is 0 Å². The van der Waals surface area contributed by atoms with E-state index in [0.717, 1.165) is 12.8 Å². The highest BCUT2D eigenvalue weighted by Gasteiger charge is 2.23. The summed E-state index contributed by atoms with van der Waals surface area (Å²) >= 11 is 0. The van der Waals surface area contributed by atoms with Crippen LogP contribution in [0.1, 0.15) is 29.6 Å². The molecular formula is C23H27N3O6. The minimum absolute atomic E-state index is 0.0280. The average molecular weight is 441 g/mol. The van der Waals surface area contributed by atoms with Crippen molar-refractivity contribution in [2.75, 3.05) is 44.6 Å². The van der Waals surface area contributed by atoms with Crippen LogP contribution in [0.4, 0.5) is 11.4 Å². The van der Waals surface area contributed by atoms with Gasteiger partial charge in [0, 0.05) is 24.2 Å². The van der Waals surface area contributed by atoms with Gasteiger partial charge in [0.25, 0.3) is 5.91 Å². The maximum Gasteiger partial charge on any atom is 0.251 e. The molecule has 2 N–H and O–H groups in total. The fraction of sp³-hybridized carbons (Fsp3) is 0.348. The van der Waals surface area contributed by atoms with E-state index in [1.807, 2.05) is 0 Å². The lowest BCUT2D eigenvalue weighted by Crippen LogP contribution is -2.35. The molecule has 9 nitrogen and oxygen atoms in total. The van der Waals surface area contributed by atoms with Crippen LogP contribution in [-0.2, 0) is 9.59 Å². The molecule has 1 heterocycles. The van der Waals surface area contributed by atoms with Crippen LogP contribution in [0.3, 0.4) is 0 Å². The summed E-state index contributed by atoms with van der Waals surface area (Å²) < 4.78 is 15.7. The third kappa shape index (κ3) is 5.29. The number of nitrogens with one attached hydrogen (secondary N) is 2. The second-order valence-electron chi connectivity index (χ2n) is 7.19. The molecule has 2 aromatic carbocycles. The molecule has 0 saturated carbocycles. The van der Waals surface area contributed by atoms with Crippen molar-refractivity contribution in [3.8, 4) is 17.2 Å². The normalized spacial score (nSPS) is 13.3. The van der Waals surface area contributed by atoms with E-state index in [1.165, 1.54) is 27.4 Å². The number of methoxy groups -OCH3 is 3. The van der Waals surface area contributed by atoms with Crippen molar-refractivity contribution in [3.05, 3.63) is 42.0 Å². The van der Waals surface area contributed by atoms with Gasteiger partial charge < -0.3 is 29.7 Å². The van der Waals surface area contributed by atoms with Crippen LogP contribution in [0, 0.1) is 0 Å². The lowest BCUT2D eigenvalue weighted by atomic mass is 10.1. The topological polar surface area (TPSA) is 106 Å². The molecule has 1 fully saturated rings. The Balaban J connectivity index is 1.64. The van der Waals surface area contributed by atoms with E-state index in [2.05, 4.69) is 10.6 Å². The summed E-state index contributed by atoms with van der Waals surface area (Å²) in [4.78, 5) is 38.8. The summed E-state index contributed by atoms with van der Waals surface area (Å²) in [5, 5.41) is 5.32. The Kier molecular flexibility index (Phi) is 7.54. The number of anilines is 2. The van der Waals surface area contributed by atoms with E-state index in [4.69, 9.17) is 14.2 Å². The van der Waals surface area contributed by atoms with Crippen LogP contribution in [0.15, 0.2) is 36.4 Å². The minimum atomic E-state index is -0.421. The summed E-state index contributed by atoms with van der Waals surface area (Å²) in [7, 11) is 4.52. The number of carbonyl (C=O) groups is 3. The number of amides is 3. The number of benzene rings is 2. The number of carbonyl (C=O) groups excluding carboxylic acids is 3. The van der Waals surface area contributed by atoms with Gasteiger partial charge in [-0.2, -0.15) is 0 Å². The predicted molar refractivity (Wildman–Crippen MR) is 120 cm³/mol. The van der Waals surface area contributed by atoms with Crippen LogP contribution in [0.5, 0.6) is 17.2 Å². The Hall–Kier alpha value is -3.75. The Morgan fingerprint density at radius 3 is 2.34 bits per heavy atom. The zero-order valence-electron chi connectivity index (χ0n) is 18.4. The summed E-state index contributed by atoms with van der Waals surface area (Å²) in [5.74, 6) is 0.683. The monoisotopic (exact) mass is 441 g/mol. The molecule has 2 aromatic rings. The fourth-order valence-electron chi connectivity index (χ4n) is 3.48. The SMILES string of the molecule is COc1ccc(C(=O)NCC(=O)Nc2ccc(OC)c(N3CCCCC3=O)c2)cc1OC. The van der Waals surface area contributed by atoms with Crippen molar-refractivity contribution >= 4 is 29.1 Å². The first-order valence-electron chi connectivity index (χ1n) is 10.2. The summed E-state index contributed by atoms with van der Waals surface area (Å²) in [6, 6.07) is 9.84. The molecule has 170 valence electrons. The van der Waals surface area contributed by atoms with E-state index in [9.17, 15) is 14.4 Å². The Morgan fingerprint density at radius 1 is 0.938 bits per heavy atom. The van der Waals surface area contributed by atoms with E-state index in [-0.39, 0.29) is 12.5 Å². The molecule has 32 heavy (non-hydrogen) atoms. The quantitative estimate of drug-likeness (QED) is 0.652. The van der Waals surface area contributed by atoms with Crippen LogP contribution in [-0.4, -0.2) is 52.1 Å². The molecular weight excluding hydrogens is 414 g/mol. The van der Waals surface area contributed by atoms with Gasteiger partial charge in [-0.3, -0.25) is 14.4 Å². The first-order valence-corrected chi connectivity index (χ1v) is 10.2. The summed E-state index contributed by atoms with van der Waals surface area (Å²) in [6.07, 6.45) is 2.27. The Morgan fingerprint density at radius 2 is 1.66 bits per heavy atom. The molecule has 0 bridgehead atoms. The van der Waals surface area contributed by atoms with Gasteiger partial charge in [-0.05, 0) is 49.2 Å². The van der Waals surface area contributed by atoms with E-state index in [0.29, 0.717) is 47.2 Å². The highest BCUT2D eigenvalue weighted by molar-refractivity contribution is 6.01. The Labute approximate surface area is 186 Å². The van der Waals surface area contributed by atoms with Gasteiger partial charge in [-0.25, -0.2) is 0 Å². The molecule has 0 aliphatic carbocycles. The Bertz CT molecular complexity index is 1010. The maximum absolute atomic E-state index is 12.4. The van der Waals surface area contributed by atoms with Crippen molar-refractivity contribution in [1.82, 2.24) is 5.32 Å². The van der Waals surface area contributed by atoms with Gasteiger partial charge >= 0.3 is 0 Å². The molecule has 3 rings (SSSR count). The maximum atomic E-state index is 12.4. The minimum Gasteiger partial charge on any atom is -0.495 e. The number of hydrogen-bond donors (Lipinski definition) is 2. The van der Waals surface area contributed by atoms with Crippen molar-refractivity contribution in [2.45, 2.75) is 19.3 Å². The highest BCUT2D eigenvalue weighted by Crippen LogP contribution is 2.33. The molecule has 3 amide bonds. The van der Waals surface area contributed by atoms with Gasteiger partial charge in [0.15, 0.2) is 11.5 Å². The molecule has 1 saturated heterocycles. The van der Waals surface area contributed by atoms with E-state index >= 15 is 0 Å². The molecule has 0 atom stereocenters. The number of nitrogens with zero attached hydrogens (tertiary/aromatic N) is 1. The van der Waals surface area contributed by atoms with Gasteiger partial charge in [0.1, 0.15) is 5.75 Å². The molecule has 9 heteroatoms. The number of rotatable bonds is 8. The number of hydrogen-bond acceptors (Lipinski definition) is 6. The van der Waals surface area contributed by atoms with Crippen LogP contribution in [0.25, 0.3) is 0 Å². The van der Waals surface area contributed by atoms with Gasteiger partial charge in [-0.1, -0.05) is 0 Å². The smallest absolute Gasteiger partial charge is 0.251 e. The third-order valence-corrected chi connectivity index (χ3v) is 5.13. The molecule has 0 spiro atoms. The zero-order chi connectivity index (χ0) is 23.1. The lowest BCUT2D eigenvalue weighted by molar-refractivity contribution is -0.119. The molecule has 0 radical (unpaired) electrons. The summed E-state index contributed by atoms with van der Waals surface area (Å²) in [5.41, 5.74) is 1.46. The van der Waals surface area contributed by atoms with Gasteiger partial charge in [0.05, 0.1) is 33.6 Å². The third-order valence-electron chi connectivity index (χ3n) is 5.13. The molecule has 0 unspecified atom stereocenters. The van der Waals surface area contributed by atoms with Crippen molar-refractivity contribution < 1.29 is 28.6 Å². The number of ether oxygens (including phenoxy) is 3. The zero-order valence-corrected chi connectivity index (χ0v) is 18.4. The first-order chi connectivity index (χ1) is 15.5. The van der Waals surface area contributed by atoms with Gasteiger partial charge in [-0.15, -0.1) is 0 Å². The molecule has 1 aliphatic heterocycles. The van der Waals surface area contributed by atoms with E-state index < -0.39 is 11.8 Å². The summed E-state index contributed by atoms with van der Waals surface area (Å²) in [6.45, 7) is 0.380. The molecule has 0 aromatic heterocycles. The first kappa shape index (κ1) is 22.9. The number of piperidine rings is 1. The second kappa shape index (κ2) is 10.5. The second-order valence-corrected chi connectivity index (χ2v) is 7.19. The van der Waals surface area contributed by atoms with Crippen molar-refractivity contribution in [1.29, 1.82) is 0 Å². The largest absolute Gasteiger partial charge is 0.495 e. The van der Waals surface area contributed by atoms with E-state index in [1.54, 1.807) is 35.2 Å². The highest BCUT2D eigenvalue weighted by atomic mass is 16.5. The predicted octanol–water partition coefficient (Wildman–Crippen LogP) is 2.60. The fourth-order valence-corrected chi connectivity index (χ4v) is 3.48.